The maximum absolute atomic E-state index is 12.8. The molecule has 0 aromatic carbocycles. The van der Waals surface area contributed by atoms with E-state index in [1.165, 1.54) is 38.5 Å². The van der Waals surface area contributed by atoms with Crippen molar-refractivity contribution in [2.75, 3.05) is 13.2 Å². The van der Waals surface area contributed by atoms with Crippen LogP contribution in [0.2, 0.25) is 0 Å². The van der Waals surface area contributed by atoms with Crippen molar-refractivity contribution in [3.8, 4) is 0 Å². The predicted octanol–water partition coefficient (Wildman–Crippen LogP) is 9.73. The molecule has 0 heterocycles. The Labute approximate surface area is 379 Å². The average molecular weight is 913 g/mol. The fourth-order valence-electron chi connectivity index (χ4n) is 6.91. The first-order valence-corrected chi connectivity index (χ1v) is 25.6. The summed E-state index contributed by atoms with van der Waals surface area (Å²) in [5, 5.41) is 50.2. The minimum atomic E-state index is -5.13. The average Bonchev–Trinajstić information content (AvgIpc) is 3.26. The molecule has 6 unspecified atom stereocenters. The molecule has 0 spiro atoms. The van der Waals surface area contributed by atoms with Gasteiger partial charge in [-0.2, -0.15) is 0 Å². The molecule has 13 nitrogen and oxygen atoms in total. The summed E-state index contributed by atoms with van der Waals surface area (Å²) in [5.41, 5.74) is 0. The number of carbonyl (C=O) groups excluding carboxylic acids is 2. The Hall–Kier alpha value is -2.45. The van der Waals surface area contributed by atoms with Crippen LogP contribution >= 0.6 is 7.82 Å². The third-order valence-electron chi connectivity index (χ3n) is 10.8. The molecule has 8 atom stereocenters. The van der Waals surface area contributed by atoms with Crippen LogP contribution in [0, 0.1) is 0 Å². The number of esters is 2. The molecule has 364 valence electrons. The summed E-state index contributed by atoms with van der Waals surface area (Å²) in [6, 6.07) is 0. The van der Waals surface area contributed by atoms with Gasteiger partial charge in [-0.1, -0.05) is 145 Å². The zero-order chi connectivity index (χ0) is 46.4. The number of unbranched alkanes of at least 4 members (excludes halogenated alkanes) is 17. The van der Waals surface area contributed by atoms with Crippen LogP contribution in [0.4, 0.5) is 0 Å². The Morgan fingerprint density at radius 2 is 0.857 bits per heavy atom. The van der Waals surface area contributed by atoms with Crippen LogP contribution in [-0.2, 0) is 32.7 Å². The van der Waals surface area contributed by atoms with Crippen LogP contribution in [0.3, 0.4) is 0 Å². The summed E-state index contributed by atoms with van der Waals surface area (Å²) in [4.78, 5) is 35.7. The van der Waals surface area contributed by atoms with Crippen molar-refractivity contribution >= 4 is 19.8 Å². The van der Waals surface area contributed by atoms with Crippen molar-refractivity contribution in [2.45, 2.75) is 224 Å². The lowest BCUT2D eigenvalue weighted by atomic mass is 9.85. The molecule has 1 fully saturated rings. The van der Waals surface area contributed by atoms with E-state index in [4.69, 9.17) is 18.5 Å². The topological polar surface area (TPSA) is 210 Å². The van der Waals surface area contributed by atoms with Crippen LogP contribution in [-0.4, -0.2) is 98.3 Å². The van der Waals surface area contributed by atoms with Crippen molar-refractivity contribution in [1.29, 1.82) is 0 Å². The third-order valence-corrected chi connectivity index (χ3v) is 11.8. The highest BCUT2D eigenvalue weighted by Gasteiger charge is 2.51. The number of hydrogen-bond donors (Lipinski definition) is 6. The van der Waals surface area contributed by atoms with Gasteiger partial charge in [-0.3, -0.25) is 18.6 Å². The molecule has 0 radical (unpaired) electrons. The molecule has 0 aromatic rings. The normalized spacial score (nSPS) is 22.2. The number of phosphoric ester groups is 1. The summed E-state index contributed by atoms with van der Waals surface area (Å²) in [5.74, 6) is -1.14. The number of allylic oxidation sites excluding steroid dienone is 10. The minimum Gasteiger partial charge on any atom is -0.462 e. The molecule has 1 aliphatic rings. The number of aliphatic hydroxyl groups is 5. The Kier molecular flexibility index (Phi) is 36.1. The van der Waals surface area contributed by atoms with Gasteiger partial charge in [0.2, 0.25) is 0 Å². The first kappa shape index (κ1) is 58.6. The third kappa shape index (κ3) is 31.2. The van der Waals surface area contributed by atoms with Gasteiger partial charge in [0.05, 0.1) is 6.61 Å². The van der Waals surface area contributed by atoms with Gasteiger partial charge in [-0.25, -0.2) is 4.57 Å². The molecular formula is C49H85O13P. The summed E-state index contributed by atoms with van der Waals surface area (Å²) in [6.45, 7) is 3.22. The van der Waals surface area contributed by atoms with Crippen LogP contribution in [0.5, 0.6) is 0 Å². The Morgan fingerprint density at radius 3 is 1.30 bits per heavy atom. The lowest BCUT2D eigenvalue weighted by Crippen LogP contribution is -2.64. The second-order valence-corrected chi connectivity index (χ2v) is 18.0. The van der Waals surface area contributed by atoms with E-state index in [9.17, 15) is 44.6 Å². The number of aliphatic hydroxyl groups excluding tert-OH is 5. The largest absolute Gasteiger partial charge is 0.472 e. The minimum absolute atomic E-state index is 0.0670. The maximum Gasteiger partial charge on any atom is 0.472 e. The van der Waals surface area contributed by atoms with Gasteiger partial charge in [-0.05, 0) is 83.5 Å². The molecule has 0 aromatic heterocycles. The van der Waals surface area contributed by atoms with E-state index in [2.05, 4.69) is 74.6 Å². The van der Waals surface area contributed by atoms with Crippen molar-refractivity contribution in [3.63, 3.8) is 0 Å². The molecule has 0 aliphatic heterocycles. The number of phosphoric acid groups is 1. The molecule has 63 heavy (non-hydrogen) atoms. The quantitative estimate of drug-likeness (QED) is 0.0147. The van der Waals surface area contributed by atoms with Gasteiger partial charge >= 0.3 is 19.8 Å². The number of rotatable bonds is 39. The summed E-state index contributed by atoms with van der Waals surface area (Å²) in [6.07, 6.45) is 34.0. The zero-order valence-corrected chi connectivity index (χ0v) is 39.5. The van der Waals surface area contributed by atoms with E-state index < -0.39 is 75.7 Å². The highest BCUT2D eigenvalue weighted by atomic mass is 31.2. The second kappa shape index (κ2) is 38.8. The van der Waals surface area contributed by atoms with E-state index in [1.807, 2.05) is 0 Å². The molecule has 0 bridgehead atoms. The van der Waals surface area contributed by atoms with Crippen LogP contribution in [0.15, 0.2) is 60.8 Å². The molecule has 0 saturated heterocycles. The van der Waals surface area contributed by atoms with Crippen LogP contribution in [0.25, 0.3) is 0 Å². The molecule has 14 heteroatoms. The fourth-order valence-corrected chi connectivity index (χ4v) is 7.88. The van der Waals surface area contributed by atoms with E-state index in [-0.39, 0.29) is 12.8 Å². The highest BCUT2D eigenvalue weighted by Crippen LogP contribution is 2.47. The summed E-state index contributed by atoms with van der Waals surface area (Å²) < 4.78 is 33.5. The molecule has 6 N–H and O–H groups in total. The van der Waals surface area contributed by atoms with Crippen LogP contribution in [0.1, 0.15) is 181 Å². The fraction of sp³-hybridized carbons (Fsp3) is 0.755. The lowest BCUT2D eigenvalue weighted by Gasteiger charge is -2.41. The number of hydrogen-bond acceptors (Lipinski definition) is 12. The Bertz CT molecular complexity index is 1330. The smallest absolute Gasteiger partial charge is 0.462 e. The van der Waals surface area contributed by atoms with E-state index in [1.54, 1.807) is 0 Å². The Morgan fingerprint density at radius 1 is 0.492 bits per heavy atom. The monoisotopic (exact) mass is 913 g/mol. The SMILES string of the molecule is CCCCC/C=C\C/C=C\C/C=C\CCCCCCC(=O)O[C@H](COC(=O)CCCCCCCCC/C=C\C/C=C\CCCCC)COP(=O)(O)OC1C(O)C(O)C(O)[C@@H](O)C1O. The second-order valence-electron chi connectivity index (χ2n) is 16.6. The van der Waals surface area contributed by atoms with E-state index >= 15 is 0 Å². The Balaban J connectivity index is 2.47. The molecule has 1 aliphatic carbocycles. The molecular weight excluding hydrogens is 828 g/mol. The highest BCUT2D eigenvalue weighted by molar-refractivity contribution is 7.47. The first-order valence-electron chi connectivity index (χ1n) is 24.1. The van der Waals surface area contributed by atoms with Crippen LogP contribution < -0.4 is 0 Å². The van der Waals surface area contributed by atoms with Gasteiger partial charge < -0.3 is 39.9 Å². The van der Waals surface area contributed by atoms with Crippen molar-refractivity contribution in [2.24, 2.45) is 0 Å². The zero-order valence-electron chi connectivity index (χ0n) is 38.6. The van der Waals surface area contributed by atoms with Gasteiger partial charge in [0.25, 0.3) is 0 Å². The van der Waals surface area contributed by atoms with Gasteiger partial charge in [0.1, 0.15) is 43.2 Å². The van der Waals surface area contributed by atoms with E-state index in [0.717, 1.165) is 103 Å². The predicted molar refractivity (Wildman–Crippen MR) is 249 cm³/mol. The molecule has 1 saturated carbocycles. The van der Waals surface area contributed by atoms with Gasteiger partial charge in [-0.15, -0.1) is 0 Å². The van der Waals surface area contributed by atoms with Crippen molar-refractivity contribution in [1.82, 2.24) is 0 Å². The van der Waals surface area contributed by atoms with Gasteiger partial charge in [0, 0.05) is 12.8 Å². The first-order chi connectivity index (χ1) is 30.4. The molecule has 0 amide bonds. The standard InChI is InChI=1S/C49H85O13P/c1-3-5-7-9-11-13-15-17-19-21-23-25-27-29-31-33-35-37-42(50)59-39-41(40-60-63(57,58)62-49-47(55)45(53)44(52)46(54)48(49)56)61-43(51)38-36-34-32-30-28-26-24-22-20-18-16-14-12-10-8-6-4-2/h11-14,17-20,24,26,41,44-49,52-56H,3-10,15-16,21-23,25,27-40H2,1-2H3,(H,57,58)/b13-11-,14-12-,19-17-,20-18-,26-24-/t41-,44?,45-,46?,47?,48?,49?/m1/s1. The van der Waals surface area contributed by atoms with Gasteiger partial charge in [0.15, 0.2) is 6.10 Å². The van der Waals surface area contributed by atoms with Crippen molar-refractivity contribution in [3.05, 3.63) is 60.8 Å². The summed E-state index contributed by atoms with van der Waals surface area (Å²) >= 11 is 0. The van der Waals surface area contributed by atoms with E-state index in [0.29, 0.717) is 12.8 Å². The van der Waals surface area contributed by atoms with Crippen molar-refractivity contribution < 1.29 is 63.1 Å². The molecule has 1 rings (SSSR count). The maximum atomic E-state index is 12.8. The summed E-state index contributed by atoms with van der Waals surface area (Å²) in [7, 11) is -5.13. The lowest BCUT2D eigenvalue weighted by molar-refractivity contribution is -0.220. The number of ether oxygens (including phenoxy) is 2. The number of carbonyl (C=O) groups is 2.